The first-order chi connectivity index (χ1) is 13.2. The van der Waals surface area contributed by atoms with Crippen LogP contribution in [0.1, 0.15) is 5.56 Å². The summed E-state index contributed by atoms with van der Waals surface area (Å²) >= 11 is 2.78. The number of benzene rings is 2. The van der Waals surface area contributed by atoms with Crippen molar-refractivity contribution in [3.8, 4) is 5.75 Å². The maximum absolute atomic E-state index is 13.1. The quantitative estimate of drug-likeness (QED) is 0.588. The predicted octanol–water partition coefficient (Wildman–Crippen LogP) is 4.96. The Kier molecular flexibility index (Phi) is 5.04. The Morgan fingerprint density at radius 1 is 1.11 bits per heavy atom. The molecule has 134 valence electrons. The summed E-state index contributed by atoms with van der Waals surface area (Å²) in [5, 5.41) is 3.08. The van der Waals surface area contributed by atoms with E-state index >= 15 is 0 Å². The van der Waals surface area contributed by atoms with Crippen LogP contribution in [0.15, 0.2) is 76.1 Å². The summed E-state index contributed by atoms with van der Waals surface area (Å²) in [7, 11) is 1.63. The fourth-order valence-corrected chi connectivity index (χ4v) is 4.10. The van der Waals surface area contributed by atoms with Crippen LogP contribution in [0.25, 0.3) is 6.08 Å². The molecule has 5 nitrogen and oxygen atoms in total. The Bertz CT molecular complexity index is 997. The lowest BCUT2D eigenvalue weighted by molar-refractivity contribution is -0.113. The summed E-state index contributed by atoms with van der Waals surface area (Å²) in [5.74, 6) is 0.678. The molecule has 0 saturated carbocycles. The molecule has 1 aliphatic rings. The van der Waals surface area contributed by atoms with E-state index in [-0.39, 0.29) is 5.91 Å². The molecule has 27 heavy (non-hydrogen) atoms. The van der Waals surface area contributed by atoms with Gasteiger partial charge in [0.1, 0.15) is 5.75 Å². The molecule has 1 aromatic heterocycles. The Morgan fingerprint density at radius 2 is 1.89 bits per heavy atom. The van der Waals surface area contributed by atoms with Gasteiger partial charge in [-0.2, -0.15) is 4.99 Å². The van der Waals surface area contributed by atoms with E-state index < -0.39 is 0 Å². The van der Waals surface area contributed by atoms with E-state index in [1.807, 2.05) is 66.1 Å². The molecule has 1 aliphatic heterocycles. The van der Waals surface area contributed by atoms with Crippen LogP contribution in [0.3, 0.4) is 0 Å². The third kappa shape index (κ3) is 3.79. The van der Waals surface area contributed by atoms with Gasteiger partial charge in [0.05, 0.1) is 17.7 Å². The second kappa shape index (κ2) is 7.77. The number of amidine groups is 1. The van der Waals surface area contributed by atoms with E-state index in [1.165, 1.54) is 23.1 Å². The average Bonchev–Trinajstić information content (AvgIpc) is 3.32. The van der Waals surface area contributed by atoms with Gasteiger partial charge in [-0.15, -0.1) is 11.3 Å². The number of carbonyl (C=O) groups is 1. The molecule has 0 unspecified atom stereocenters. The molecule has 0 bridgehead atoms. The fraction of sp³-hybridized carbons (Fsp3) is 0.0500. The first-order valence-electron chi connectivity index (χ1n) is 8.16. The lowest BCUT2D eigenvalue weighted by Crippen LogP contribution is -2.28. The highest BCUT2D eigenvalue weighted by atomic mass is 32.2. The minimum atomic E-state index is -0.0997. The van der Waals surface area contributed by atoms with E-state index in [2.05, 4.69) is 9.98 Å². The van der Waals surface area contributed by atoms with Crippen molar-refractivity contribution >= 4 is 51.1 Å². The second-order valence-electron chi connectivity index (χ2n) is 5.57. The number of ether oxygens (including phenoxy) is 1. The van der Waals surface area contributed by atoms with Crippen molar-refractivity contribution in [1.29, 1.82) is 0 Å². The summed E-state index contributed by atoms with van der Waals surface area (Å²) in [6.45, 7) is 0. The van der Waals surface area contributed by atoms with E-state index in [9.17, 15) is 4.79 Å². The highest BCUT2D eigenvalue weighted by Crippen LogP contribution is 2.37. The van der Waals surface area contributed by atoms with Crippen LogP contribution >= 0.6 is 23.1 Å². The van der Waals surface area contributed by atoms with Crippen LogP contribution in [0.5, 0.6) is 5.75 Å². The molecule has 0 atom stereocenters. The Balaban J connectivity index is 1.72. The third-order valence-electron chi connectivity index (χ3n) is 3.84. The molecular weight excluding hydrogens is 378 g/mol. The van der Waals surface area contributed by atoms with Crippen molar-refractivity contribution in [3.63, 3.8) is 0 Å². The number of aromatic nitrogens is 1. The Hall–Kier alpha value is -2.90. The molecule has 4 rings (SSSR count). The van der Waals surface area contributed by atoms with E-state index in [1.54, 1.807) is 18.2 Å². The zero-order valence-electron chi connectivity index (χ0n) is 14.4. The summed E-state index contributed by atoms with van der Waals surface area (Å²) < 4.78 is 5.18. The molecule has 7 heteroatoms. The molecule has 0 radical (unpaired) electrons. The zero-order valence-corrected chi connectivity index (χ0v) is 16.0. The molecule has 2 aromatic carbocycles. The van der Waals surface area contributed by atoms with Crippen LogP contribution < -0.4 is 9.64 Å². The second-order valence-corrected chi connectivity index (χ2v) is 7.45. The molecule has 1 fully saturated rings. The predicted molar refractivity (Wildman–Crippen MR) is 112 cm³/mol. The van der Waals surface area contributed by atoms with Crippen molar-refractivity contribution < 1.29 is 9.53 Å². The number of thiazole rings is 1. The fourth-order valence-electron chi connectivity index (χ4n) is 2.56. The van der Waals surface area contributed by atoms with Crippen LogP contribution in [0.4, 0.5) is 10.8 Å². The van der Waals surface area contributed by atoms with Gasteiger partial charge in [0, 0.05) is 11.6 Å². The van der Waals surface area contributed by atoms with Crippen molar-refractivity contribution in [2.24, 2.45) is 4.99 Å². The van der Waals surface area contributed by atoms with Gasteiger partial charge in [-0.05, 0) is 47.7 Å². The topological polar surface area (TPSA) is 54.8 Å². The minimum absolute atomic E-state index is 0.0997. The number of hydrogen-bond acceptors (Lipinski definition) is 6. The lowest BCUT2D eigenvalue weighted by Gasteiger charge is -2.14. The number of thioether (sulfide) groups is 1. The number of methoxy groups -OCH3 is 1. The van der Waals surface area contributed by atoms with E-state index in [0.29, 0.717) is 15.2 Å². The third-order valence-corrected chi connectivity index (χ3v) is 5.48. The van der Waals surface area contributed by atoms with E-state index in [4.69, 9.17) is 4.74 Å². The molecular formula is C20H15N3O2S2. The number of aliphatic imine (C=N–C) groups is 1. The summed E-state index contributed by atoms with van der Waals surface area (Å²) in [6, 6.07) is 17.1. The van der Waals surface area contributed by atoms with Gasteiger partial charge in [0.25, 0.3) is 5.91 Å². The highest BCUT2D eigenvalue weighted by molar-refractivity contribution is 8.19. The van der Waals surface area contributed by atoms with Gasteiger partial charge in [-0.25, -0.2) is 4.98 Å². The standard InChI is InChI=1S/C20H15N3O2S2/c1-25-16-9-7-14(8-10-16)13-17-18(24)23(15-5-3-2-4-6-15)20(27-17)22-19-21-11-12-26-19/h2-13H,1H3/b17-13-,22-20+. The minimum Gasteiger partial charge on any atom is -0.497 e. The number of rotatable bonds is 4. The monoisotopic (exact) mass is 393 g/mol. The number of nitrogens with zero attached hydrogens (tertiary/aromatic N) is 3. The van der Waals surface area contributed by atoms with Crippen LogP contribution in [0.2, 0.25) is 0 Å². The number of anilines is 1. The van der Waals surface area contributed by atoms with Crippen molar-refractivity contribution in [1.82, 2.24) is 4.98 Å². The van der Waals surface area contributed by atoms with Crippen molar-refractivity contribution in [2.75, 3.05) is 12.0 Å². The lowest BCUT2D eigenvalue weighted by atomic mass is 10.2. The first-order valence-corrected chi connectivity index (χ1v) is 9.85. The first kappa shape index (κ1) is 17.5. The molecule has 3 aromatic rings. The van der Waals surface area contributed by atoms with Crippen LogP contribution in [-0.4, -0.2) is 23.2 Å². The van der Waals surface area contributed by atoms with Crippen LogP contribution in [-0.2, 0) is 4.79 Å². The molecule has 0 N–H and O–H groups in total. The normalized spacial score (nSPS) is 17.1. The average molecular weight is 393 g/mol. The molecule has 1 saturated heterocycles. The van der Waals surface area contributed by atoms with Gasteiger partial charge >= 0.3 is 0 Å². The SMILES string of the molecule is COc1ccc(/C=C2\S/C(=N/c3nccs3)N(c3ccccc3)C2=O)cc1. The smallest absolute Gasteiger partial charge is 0.271 e. The Labute approximate surface area is 165 Å². The number of hydrogen-bond donors (Lipinski definition) is 0. The van der Waals surface area contributed by atoms with Gasteiger partial charge < -0.3 is 4.74 Å². The number of amides is 1. The van der Waals surface area contributed by atoms with Gasteiger partial charge in [-0.3, -0.25) is 9.69 Å². The van der Waals surface area contributed by atoms with Gasteiger partial charge in [-0.1, -0.05) is 30.3 Å². The number of carbonyl (C=O) groups excluding carboxylic acids is 1. The summed E-state index contributed by atoms with van der Waals surface area (Å²) in [6.07, 6.45) is 3.57. The highest BCUT2D eigenvalue weighted by Gasteiger charge is 2.34. The maximum Gasteiger partial charge on any atom is 0.271 e. The van der Waals surface area contributed by atoms with Gasteiger partial charge in [0.2, 0.25) is 5.13 Å². The summed E-state index contributed by atoms with van der Waals surface area (Å²) in [5.41, 5.74) is 1.71. The maximum atomic E-state index is 13.1. The molecule has 0 aliphatic carbocycles. The summed E-state index contributed by atoms with van der Waals surface area (Å²) in [4.78, 5) is 24.1. The zero-order chi connectivity index (χ0) is 18.6. The number of para-hydroxylation sites is 1. The van der Waals surface area contributed by atoms with E-state index in [0.717, 1.165) is 17.0 Å². The van der Waals surface area contributed by atoms with Crippen LogP contribution in [0, 0.1) is 0 Å². The molecule has 2 heterocycles. The molecule has 0 spiro atoms. The molecule has 1 amide bonds. The largest absolute Gasteiger partial charge is 0.497 e. The van der Waals surface area contributed by atoms with Gasteiger partial charge in [0.15, 0.2) is 5.17 Å². The Morgan fingerprint density at radius 3 is 2.56 bits per heavy atom. The van der Waals surface area contributed by atoms with Crippen molar-refractivity contribution in [2.45, 2.75) is 0 Å². The van der Waals surface area contributed by atoms with Crippen molar-refractivity contribution in [3.05, 3.63) is 76.6 Å².